The fraction of sp³-hybridized carbons (Fsp3) is 0.571. The number of alkyl halides is 6. The Balaban J connectivity index is 0.00000288. The first-order valence-corrected chi connectivity index (χ1v) is 7.75. The van der Waals surface area contributed by atoms with E-state index >= 15 is 0 Å². The maximum atomic E-state index is 12.9. The van der Waals surface area contributed by atoms with E-state index in [0.717, 1.165) is 18.2 Å². The minimum Gasteiger partial charge on any atom is -0.314 e. The van der Waals surface area contributed by atoms with E-state index in [-0.39, 0.29) is 22.4 Å². The second kappa shape index (κ2) is 8.25. The highest BCUT2D eigenvalue weighted by molar-refractivity contribution is 9.10. The Morgan fingerprint density at radius 3 is 2.17 bits per heavy atom. The Morgan fingerprint density at radius 2 is 1.67 bits per heavy atom. The van der Waals surface area contributed by atoms with Crippen molar-refractivity contribution in [3.63, 3.8) is 0 Å². The monoisotopic (exact) mass is 440 g/mol. The van der Waals surface area contributed by atoms with Crippen LogP contribution < -0.4 is 5.32 Å². The van der Waals surface area contributed by atoms with Gasteiger partial charge in [0.2, 0.25) is 0 Å². The molecule has 1 N–H and O–H groups in total. The minimum absolute atomic E-state index is 0. The highest BCUT2D eigenvalue weighted by atomic mass is 79.9. The maximum Gasteiger partial charge on any atom is 0.416 e. The number of hydrogen-bond donors (Lipinski definition) is 1. The third-order valence-electron chi connectivity index (χ3n) is 3.70. The molecular formula is C14H16BrClF6N2. The topological polar surface area (TPSA) is 15.3 Å². The van der Waals surface area contributed by atoms with E-state index < -0.39 is 30.4 Å². The van der Waals surface area contributed by atoms with Crippen molar-refractivity contribution in [2.45, 2.75) is 24.8 Å². The van der Waals surface area contributed by atoms with Crippen molar-refractivity contribution in [3.8, 4) is 0 Å². The fourth-order valence-electron chi connectivity index (χ4n) is 2.62. The summed E-state index contributed by atoms with van der Waals surface area (Å²) in [6.45, 7) is 1.71. The van der Waals surface area contributed by atoms with Gasteiger partial charge in [-0.3, -0.25) is 4.90 Å². The highest BCUT2D eigenvalue weighted by Gasteiger charge is 2.38. The Morgan fingerprint density at radius 1 is 1.08 bits per heavy atom. The molecule has 1 atom stereocenters. The van der Waals surface area contributed by atoms with Gasteiger partial charge in [-0.1, -0.05) is 15.9 Å². The molecule has 0 spiro atoms. The third-order valence-corrected chi connectivity index (χ3v) is 4.42. The molecular weight excluding hydrogens is 426 g/mol. The quantitative estimate of drug-likeness (QED) is 0.679. The van der Waals surface area contributed by atoms with Crippen LogP contribution in [0.4, 0.5) is 26.3 Å². The summed E-state index contributed by atoms with van der Waals surface area (Å²) < 4.78 is 77.7. The summed E-state index contributed by atoms with van der Waals surface area (Å²) in [7, 11) is 0. The van der Waals surface area contributed by atoms with Crippen LogP contribution in [0.1, 0.15) is 23.6 Å². The molecule has 138 valence electrons. The minimum atomic E-state index is -4.60. The van der Waals surface area contributed by atoms with Gasteiger partial charge in [-0.2, -0.15) is 26.3 Å². The molecule has 0 bridgehead atoms. The molecule has 0 unspecified atom stereocenters. The molecule has 10 heteroatoms. The van der Waals surface area contributed by atoms with E-state index in [1.165, 1.54) is 0 Å². The second-order valence-corrected chi connectivity index (χ2v) is 6.21. The summed E-state index contributed by atoms with van der Waals surface area (Å²) in [6, 6.07) is 1.68. The van der Waals surface area contributed by atoms with E-state index in [1.54, 1.807) is 4.90 Å². The predicted octanol–water partition coefficient (Wildman–Crippen LogP) is 4.79. The zero-order valence-electron chi connectivity index (χ0n) is 12.3. The number of rotatable bonds is 3. The van der Waals surface area contributed by atoms with Gasteiger partial charge in [-0.05, 0) is 23.8 Å². The summed E-state index contributed by atoms with van der Waals surface area (Å²) in [5, 5.41) is 3.02. The van der Waals surface area contributed by atoms with Gasteiger partial charge in [-0.15, -0.1) is 12.4 Å². The van der Waals surface area contributed by atoms with E-state index in [2.05, 4.69) is 21.2 Å². The van der Waals surface area contributed by atoms with Crippen LogP contribution in [0.5, 0.6) is 0 Å². The molecule has 1 aromatic rings. The van der Waals surface area contributed by atoms with Crippen LogP contribution in [0.25, 0.3) is 0 Å². The standard InChI is InChI=1S/C14H15BrF6N2.ClH/c15-11-2-1-9(14(19,20)21)7-10(11)12(8-13(16,17)18)23-5-3-22-4-6-23;/h1-2,7,12,22H,3-6,8H2;1H/t12-;/m1./s1. The van der Waals surface area contributed by atoms with Crippen molar-refractivity contribution >= 4 is 28.3 Å². The van der Waals surface area contributed by atoms with Crippen LogP contribution in [0.2, 0.25) is 0 Å². The van der Waals surface area contributed by atoms with Gasteiger partial charge >= 0.3 is 12.4 Å². The Bertz CT molecular complexity index is 543. The first-order valence-electron chi connectivity index (χ1n) is 6.96. The molecule has 0 saturated carbocycles. The number of halogens is 8. The van der Waals surface area contributed by atoms with Gasteiger partial charge in [0.1, 0.15) is 0 Å². The van der Waals surface area contributed by atoms with E-state index in [1.807, 2.05) is 0 Å². The summed E-state index contributed by atoms with van der Waals surface area (Å²) in [5.74, 6) is 0. The average Bonchev–Trinajstić information content (AvgIpc) is 2.44. The molecule has 0 aromatic heterocycles. The lowest BCUT2D eigenvalue weighted by Crippen LogP contribution is -2.46. The second-order valence-electron chi connectivity index (χ2n) is 5.36. The molecule has 1 saturated heterocycles. The third kappa shape index (κ3) is 5.79. The molecule has 1 heterocycles. The van der Waals surface area contributed by atoms with Gasteiger partial charge < -0.3 is 5.32 Å². The van der Waals surface area contributed by atoms with Gasteiger partial charge in [0.15, 0.2) is 0 Å². The summed E-state index contributed by atoms with van der Waals surface area (Å²) in [5.41, 5.74) is -0.933. The van der Waals surface area contributed by atoms with Crippen LogP contribution in [0, 0.1) is 0 Å². The first kappa shape index (κ1) is 21.5. The first-order chi connectivity index (χ1) is 10.6. The molecule has 0 aliphatic carbocycles. The number of nitrogens with one attached hydrogen (secondary N) is 1. The summed E-state index contributed by atoms with van der Waals surface area (Å²) in [6.07, 6.45) is -10.3. The molecule has 0 amide bonds. The predicted molar refractivity (Wildman–Crippen MR) is 84.2 cm³/mol. The molecule has 0 radical (unpaired) electrons. The Kier molecular flexibility index (Phi) is 7.40. The van der Waals surface area contributed by atoms with Crippen LogP contribution in [-0.4, -0.2) is 37.3 Å². The zero-order valence-corrected chi connectivity index (χ0v) is 14.7. The Hall–Kier alpha value is -0.510. The van der Waals surface area contributed by atoms with Gasteiger partial charge in [0, 0.05) is 36.7 Å². The van der Waals surface area contributed by atoms with Gasteiger partial charge in [0.05, 0.1) is 12.0 Å². The Labute approximate surface area is 150 Å². The SMILES string of the molecule is Cl.FC(F)(F)C[C@H](c1cc(C(F)(F)F)ccc1Br)N1CCNCC1. The number of piperazine rings is 1. The van der Waals surface area contributed by atoms with Crippen LogP contribution in [0.15, 0.2) is 22.7 Å². The maximum absolute atomic E-state index is 12.9. The number of hydrogen-bond acceptors (Lipinski definition) is 2. The van der Waals surface area contributed by atoms with E-state index in [9.17, 15) is 26.3 Å². The van der Waals surface area contributed by atoms with Crippen molar-refractivity contribution in [2.24, 2.45) is 0 Å². The number of benzene rings is 1. The molecule has 1 aliphatic heterocycles. The van der Waals surface area contributed by atoms with Crippen molar-refractivity contribution in [1.82, 2.24) is 10.2 Å². The van der Waals surface area contributed by atoms with Gasteiger partial charge in [0.25, 0.3) is 0 Å². The van der Waals surface area contributed by atoms with E-state index in [0.29, 0.717) is 26.2 Å². The van der Waals surface area contributed by atoms with Crippen LogP contribution in [0.3, 0.4) is 0 Å². The molecule has 1 aromatic carbocycles. The highest BCUT2D eigenvalue weighted by Crippen LogP contribution is 2.40. The fourth-order valence-corrected chi connectivity index (χ4v) is 3.14. The lowest BCUT2D eigenvalue weighted by atomic mass is 9.98. The average molecular weight is 442 g/mol. The molecule has 2 rings (SSSR count). The van der Waals surface area contributed by atoms with E-state index in [4.69, 9.17) is 0 Å². The van der Waals surface area contributed by atoms with Crippen LogP contribution >= 0.6 is 28.3 Å². The zero-order chi connectivity index (χ0) is 17.3. The summed E-state index contributed by atoms with van der Waals surface area (Å²) in [4.78, 5) is 1.57. The normalized spacial score (nSPS) is 18.1. The largest absolute Gasteiger partial charge is 0.416 e. The lowest BCUT2D eigenvalue weighted by molar-refractivity contribution is -0.148. The van der Waals surface area contributed by atoms with Crippen LogP contribution in [-0.2, 0) is 6.18 Å². The lowest BCUT2D eigenvalue weighted by Gasteiger charge is -2.36. The van der Waals surface area contributed by atoms with Crippen molar-refractivity contribution < 1.29 is 26.3 Å². The van der Waals surface area contributed by atoms with Crippen molar-refractivity contribution in [3.05, 3.63) is 33.8 Å². The summed E-state index contributed by atoms with van der Waals surface area (Å²) >= 11 is 3.10. The van der Waals surface area contributed by atoms with Gasteiger partial charge in [-0.25, -0.2) is 0 Å². The van der Waals surface area contributed by atoms with Crippen molar-refractivity contribution in [1.29, 1.82) is 0 Å². The molecule has 24 heavy (non-hydrogen) atoms. The smallest absolute Gasteiger partial charge is 0.314 e. The molecule has 2 nitrogen and oxygen atoms in total. The molecule has 1 aliphatic rings. The molecule has 1 fully saturated rings. The number of nitrogens with zero attached hydrogens (tertiary/aromatic N) is 1. The van der Waals surface area contributed by atoms with Crippen molar-refractivity contribution in [2.75, 3.05) is 26.2 Å².